The number of carbonyl (C=O) groups is 5. The maximum Gasteiger partial charge on any atom is 0.243 e. The van der Waals surface area contributed by atoms with Gasteiger partial charge in [0.1, 0.15) is 18.1 Å². The Bertz CT molecular complexity index is 986. The summed E-state index contributed by atoms with van der Waals surface area (Å²) in [6, 6.07) is -1.99. The minimum absolute atomic E-state index is 0.120. The Kier molecular flexibility index (Phi) is 36.2. The van der Waals surface area contributed by atoms with Gasteiger partial charge in [0, 0.05) is 19.4 Å². The molecule has 0 saturated heterocycles. The lowest BCUT2D eigenvalue weighted by molar-refractivity contribution is -0.132. The average molecular weight is 781 g/mol. The maximum absolute atomic E-state index is 13.4. The summed E-state index contributed by atoms with van der Waals surface area (Å²) in [5.41, 5.74) is 22.3. The quantitative estimate of drug-likeness (QED) is 0.0381. The predicted molar refractivity (Wildman–Crippen MR) is 225 cm³/mol. The molecule has 0 saturated carbocycles. The molecule has 0 unspecified atom stereocenters. The fourth-order valence-corrected chi connectivity index (χ4v) is 6.69. The van der Waals surface area contributed by atoms with Crippen molar-refractivity contribution in [3.63, 3.8) is 0 Å². The van der Waals surface area contributed by atoms with E-state index in [-0.39, 0.29) is 23.6 Å². The van der Waals surface area contributed by atoms with Gasteiger partial charge in [0.15, 0.2) is 0 Å². The van der Waals surface area contributed by atoms with E-state index in [4.69, 9.17) is 22.9 Å². The van der Waals surface area contributed by atoms with Gasteiger partial charge in [-0.15, -0.1) is 0 Å². The summed E-state index contributed by atoms with van der Waals surface area (Å²) in [7, 11) is 0. The van der Waals surface area contributed by atoms with E-state index in [9.17, 15) is 24.0 Å². The molecule has 0 aromatic heterocycles. The molecule has 0 aliphatic heterocycles. The molecule has 0 aromatic rings. The van der Waals surface area contributed by atoms with E-state index in [2.05, 4.69) is 28.2 Å². The van der Waals surface area contributed by atoms with E-state index >= 15 is 0 Å². The zero-order valence-corrected chi connectivity index (χ0v) is 34.9. The molecule has 0 aliphatic rings. The number of hydrogen-bond acceptors (Lipinski definition) is 8. The molecule has 0 radical (unpaired) electrons. The molecule has 3 atom stereocenters. The third-order valence-corrected chi connectivity index (χ3v) is 10.2. The van der Waals surface area contributed by atoms with Crippen LogP contribution in [0.1, 0.15) is 193 Å². The van der Waals surface area contributed by atoms with Crippen molar-refractivity contribution in [2.75, 3.05) is 26.2 Å². The zero-order chi connectivity index (χ0) is 40.8. The van der Waals surface area contributed by atoms with Gasteiger partial charge in [0.25, 0.3) is 0 Å². The number of amides is 5. The standard InChI is InChI=1S/C42H84N8O5/c1-2-3-4-5-6-8-11-15-18-30-39(52)49-37(28-21-24-33-45)42(55)50-36(27-20-23-32-44)41(54)47-34-25-16-13-10-7-9-12-14-17-29-38(51)48-35(40(46)53)26-19-22-31-43/h35-37H,2-34,43-45H2,1H3,(H2,46,53)(H,47,54)(H,48,51)(H,49,52)(H,50,55)/t35-,36-,37-/m0/s1. The molecular weight excluding hydrogens is 697 g/mol. The van der Waals surface area contributed by atoms with Crippen molar-refractivity contribution < 1.29 is 24.0 Å². The maximum atomic E-state index is 13.4. The van der Waals surface area contributed by atoms with Gasteiger partial charge >= 0.3 is 0 Å². The number of primary amides is 1. The molecule has 0 heterocycles. The monoisotopic (exact) mass is 781 g/mol. The Morgan fingerprint density at radius 2 is 0.782 bits per heavy atom. The number of hydrogen-bond donors (Lipinski definition) is 8. The van der Waals surface area contributed by atoms with E-state index in [1.54, 1.807) is 0 Å². The van der Waals surface area contributed by atoms with Crippen LogP contribution >= 0.6 is 0 Å². The highest BCUT2D eigenvalue weighted by atomic mass is 16.2. The first-order valence-corrected chi connectivity index (χ1v) is 22.3. The highest BCUT2D eigenvalue weighted by molar-refractivity contribution is 5.92. The van der Waals surface area contributed by atoms with Crippen LogP contribution in [-0.2, 0) is 24.0 Å². The van der Waals surface area contributed by atoms with Crippen LogP contribution in [0.15, 0.2) is 0 Å². The Hall–Kier alpha value is -2.77. The average Bonchev–Trinajstić information content (AvgIpc) is 3.16. The summed E-state index contributed by atoms with van der Waals surface area (Å²) in [4.78, 5) is 63.3. The third kappa shape index (κ3) is 32.1. The van der Waals surface area contributed by atoms with Crippen LogP contribution in [0.5, 0.6) is 0 Å². The molecule has 0 aliphatic carbocycles. The van der Waals surface area contributed by atoms with Crippen LogP contribution in [-0.4, -0.2) is 73.8 Å². The Balaban J connectivity index is 4.48. The largest absolute Gasteiger partial charge is 0.368 e. The molecule has 13 nitrogen and oxygen atoms in total. The van der Waals surface area contributed by atoms with Gasteiger partial charge in [-0.1, -0.05) is 103 Å². The number of nitrogens with two attached hydrogens (primary N) is 4. The molecule has 12 N–H and O–H groups in total. The van der Waals surface area contributed by atoms with Gasteiger partial charge in [-0.05, 0) is 96.7 Å². The van der Waals surface area contributed by atoms with Crippen molar-refractivity contribution in [3.8, 4) is 0 Å². The number of unbranched alkanes of at least 4 members (excludes halogenated alkanes) is 19. The summed E-state index contributed by atoms with van der Waals surface area (Å²) >= 11 is 0. The van der Waals surface area contributed by atoms with Crippen LogP contribution in [0.3, 0.4) is 0 Å². The van der Waals surface area contributed by atoms with Crippen LogP contribution in [0.25, 0.3) is 0 Å². The Morgan fingerprint density at radius 1 is 0.418 bits per heavy atom. The first kappa shape index (κ1) is 52.2. The molecule has 0 fully saturated rings. The van der Waals surface area contributed by atoms with Crippen molar-refractivity contribution in [2.45, 2.75) is 211 Å². The molecule has 0 bridgehead atoms. The fourth-order valence-electron chi connectivity index (χ4n) is 6.69. The second-order valence-corrected chi connectivity index (χ2v) is 15.4. The molecule has 0 spiro atoms. The lowest BCUT2D eigenvalue weighted by Gasteiger charge is -2.23. The summed E-state index contributed by atoms with van der Waals surface area (Å²) in [5, 5.41) is 11.7. The van der Waals surface area contributed by atoms with E-state index < -0.39 is 24.0 Å². The second-order valence-electron chi connectivity index (χ2n) is 15.4. The molecule has 322 valence electrons. The minimum atomic E-state index is -0.695. The summed E-state index contributed by atoms with van der Waals surface area (Å²) in [5.74, 6) is -1.26. The van der Waals surface area contributed by atoms with Crippen molar-refractivity contribution in [1.82, 2.24) is 21.3 Å². The number of rotatable bonds is 40. The first-order chi connectivity index (χ1) is 26.7. The van der Waals surface area contributed by atoms with E-state index in [1.165, 1.54) is 38.5 Å². The number of nitrogens with one attached hydrogen (secondary N) is 4. The van der Waals surface area contributed by atoms with E-state index in [1.807, 2.05) is 0 Å². The SMILES string of the molecule is CCCCCCCCCCCC(=O)N[C@@H](CCCCN)C(=O)N[C@@H](CCCCN)C(=O)NCCCCCCCCCCCC(=O)N[C@@H](CCCCN)C(N)=O. The zero-order valence-electron chi connectivity index (χ0n) is 34.9. The van der Waals surface area contributed by atoms with Crippen molar-refractivity contribution in [1.29, 1.82) is 0 Å². The molecule has 5 amide bonds. The lowest BCUT2D eigenvalue weighted by Crippen LogP contribution is -2.53. The van der Waals surface area contributed by atoms with Crippen molar-refractivity contribution in [3.05, 3.63) is 0 Å². The van der Waals surface area contributed by atoms with Gasteiger partial charge in [-0.3, -0.25) is 24.0 Å². The van der Waals surface area contributed by atoms with Gasteiger partial charge in [0.05, 0.1) is 0 Å². The Labute approximate surface area is 334 Å². The van der Waals surface area contributed by atoms with E-state index in [0.29, 0.717) is 64.7 Å². The Morgan fingerprint density at radius 3 is 1.20 bits per heavy atom. The molecule has 13 heteroatoms. The van der Waals surface area contributed by atoms with Gasteiger partial charge in [-0.2, -0.15) is 0 Å². The summed E-state index contributed by atoms with van der Waals surface area (Å²) < 4.78 is 0. The lowest BCUT2D eigenvalue weighted by atomic mass is 10.0. The first-order valence-electron chi connectivity index (χ1n) is 22.3. The highest BCUT2D eigenvalue weighted by Gasteiger charge is 2.26. The minimum Gasteiger partial charge on any atom is -0.368 e. The third-order valence-electron chi connectivity index (χ3n) is 10.2. The van der Waals surface area contributed by atoms with Gasteiger partial charge in [0.2, 0.25) is 29.5 Å². The van der Waals surface area contributed by atoms with Crippen molar-refractivity contribution >= 4 is 29.5 Å². The van der Waals surface area contributed by atoms with Gasteiger partial charge < -0.3 is 44.2 Å². The molecular formula is C42H84N8O5. The molecule has 55 heavy (non-hydrogen) atoms. The predicted octanol–water partition coefficient (Wildman–Crippen LogP) is 5.25. The van der Waals surface area contributed by atoms with Crippen LogP contribution in [0, 0.1) is 0 Å². The normalized spacial score (nSPS) is 12.8. The van der Waals surface area contributed by atoms with Gasteiger partial charge in [-0.25, -0.2) is 0 Å². The highest BCUT2D eigenvalue weighted by Crippen LogP contribution is 2.13. The number of carbonyl (C=O) groups excluding carboxylic acids is 5. The van der Waals surface area contributed by atoms with E-state index in [0.717, 1.165) is 109 Å². The van der Waals surface area contributed by atoms with Crippen molar-refractivity contribution in [2.24, 2.45) is 22.9 Å². The summed E-state index contributed by atoms with van der Waals surface area (Å²) in [6.45, 7) is 4.36. The summed E-state index contributed by atoms with van der Waals surface area (Å²) in [6.07, 6.45) is 26.5. The van der Waals surface area contributed by atoms with Crippen LogP contribution in [0.4, 0.5) is 0 Å². The van der Waals surface area contributed by atoms with Crippen LogP contribution in [0.2, 0.25) is 0 Å². The topological polar surface area (TPSA) is 238 Å². The molecule has 0 rings (SSSR count). The smallest absolute Gasteiger partial charge is 0.243 e. The van der Waals surface area contributed by atoms with Crippen LogP contribution < -0.4 is 44.2 Å². The fraction of sp³-hybridized carbons (Fsp3) is 0.881. The molecule has 0 aromatic carbocycles. The second kappa shape index (κ2) is 38.1.